The highest BCUT2D eigenvalue weighted by molar-refractivity contribution is 5.91. The number of benzene rings is 2. The van der Waals surface area contributed by atoms with E-state index in [1.807, 2.05) is 18.2 Å². The molecule has 28 heavy (non-hydrogen) atoms. The summed E-state index contributed by atoms with van der Waals surface area (Å²) in [6.45, 7) is 5.36. The summed E-state index contributed by atoms with van der Waals surface area (Å²) in [5, 5.41) is 5.74. The lowest BCUT2D eigenvalue weighted by Gasteiger charge is -2.27. The van der Waals surface area contributed by atoms with Gasteiger partial charge in [0.2, 0.25) is 5.88 Å². The summed E-state index contributed by atoms with van der Waals surface area (Å²) in [4.78, 5) is 10.7. The van der Waals surface area contributed by atoms with Crippen molar-refractivity contribution in [3.05, 3.63) is 60.2 Å². The second-order valence-electron chi connectivity index (χ2n) is 7.37. The van der Waals surface area contributed by atoms with Gasteiger partial charge in [0.05, 0.1) is 23.9 Å². The van der Waals surface area contributed by atoms with Crippen LogP contribution in [0.5, 0.6) is 5.88 Å². The third-order valence-corrected chi connectivity index (χ3v) is 5.47. The first-order valence-corrected chi connectivity index (χ1v) is 9.79. The molecule has 5 rings (SSSR count). The molecular formula is C23H24N4O. The molecule has 0 atom stereocenters. The van der Waals surface area contributed by atoms with Gasteiger partial charge in [-0.15, -0.1) is 0 Å². The zero-order valence-electron chi connectivity index (χ0n) is 16.0. The second kappa shape index (κ2) is 7.26. The number of ether oxygens (including phenoxy) is 1. The fourth-order valence-electron chi connectivity index (χ4n) is 4.00. The molecule has 142 valence electrons. The van der Waals surface area contributed by atoms with Gasteiger partial charge in [-0.1, -0.05) is 24.3 Å². The number of para-hydroxylation sites is 1. The summed E-state index contributed by atoms with van der Waals surface area (Å²) in [5.41, 5.74) is 5.45. The van der Waals surface area contributed by atoms with Gasteiger partial charge in [0.25, 0.3) is 0 Å². The Morgan fingerprint density at radius 2 is 1.86 bits per heavy atom. The number of hydrogen-bond acceptors (Lipinski definition) is 4. The fraction of sp³-hybridized carbons (Fsp3) is 0.261. The van der Waals surface area contributed by atoms with E-state index in [0.717, 1.165) is 60.4 Å². The van der Waals surface area contributed by atoms with Crippen molar-refractivity contribution in [3.8, 4) is 17.1 Å². The zero-order valence-corrected chi connectivity index (χ0v) is 16.0. The molecule has 2 N–H and O–H groups in total. The number of hydrogen-bond donors (Lipinski definition) is 2. The summed E-state index contributed by atoms with van der Waals surface area (Å²) in [5.74, 6) is 0.645. The van der Waals surface area contributed by atoms with E-state index >= 15 is 0 Å². The minimum Gasteiger partial charge on any atom is -0.480 e. The maximum absolute atomic E-state index is 5.58. The van der Waals surface area contributed by atoms with Gasteiger partial charge in [-0.3, -0.25) is 4.90 Å². The standard InChI is InChI=1S/C23H24N4O/c1-28-23-19(13-17-4-2-3-5-20(17)26-23)22-14-18-12-16(6-7-21(18)25-22)15-27-10-8-24-9-11-27/h2-7,12-14,24-25H,8-11,15H2,1H3. The van der Waals surface area contributed by atoms with Crippen molar-refractivity contribution < 1.29 is 4.74 Å². The monoisotopic (exact) mass is 372 g/mol. The van der Waals surface area contributed by atoms with E-state index in [1.54, 1.807) is 7.11 Å². The van der Waals surface area contributed by atoms with Gasteiger partial charge < -0.3 is 15.0 Å². The lowest BCUT2D eigenvalue weighted by molar-refractivity contribution is 0.233. The van der Waals surface area contributed by atoms with Crippen molar-refractivity contribution in [2.24, 2.45) is 0 Å². The van der Waals surface area contributed by atoms with Crippen molar-refractivity contribution in [2.75, 3.05) is 33.3 Å². The van der Waals surface area contributed by atoms with Gasteiger partial charge in [-0.2, -0.15) is 0 Å². The van der Waals surface area contributed by atoms with Crippen LogP contribution in [0.25, 0.3) is 33.1 Å². The molecule has 5 nitrogen and oxygen atoms in total. The summed E-state index contributed by atoms with van der Waals surface area (Å²) < 4.78 is 5.58. The number of fused-ring (bicyclic) bond motifs is 2. The number of methoxy groups -OCH3 is 1. The van der Waals surface area contributed by atoms with Gasteiger partial charge in [-0.05, 0) is 35.9 Å². The Morgan fingerprint density at radius 1 is 1.00 bits per heavy atom. The van der Waals surface area contributed by atoms with Crippen LogP contribution < -0.4 is 10.1 Å². The topological polar surface area (TPSA) is 53.2 Å². The Labute approximate surface area is 164 Å². The molecular weight excluding hydrogens is 348 g/mol. The third kappa shape index (κ3) is 3.23. The minimum absolute atomic E-state index is 0.645. The first-order valence-electron chi connectivity index (χ1n) is 9.79. The Hall–Kier alpha value is -2.89. The van der Waals surface area contributed by atoms with Gasteiger partial charge in [0, 0.05) is 49.0 Å². The van der Waals surface area contributed by atoms with Crippen molar-refractivity contribution in [1.29, 1.82) is 0 Å². The molecule has 5 heteroatoms. The van der Waals surface area contributed by atoms with E-state index in [4.69, 9.17) is 4.74 Å². The van der Waals surface area contributed by atoms with Crippen LogP contribution in [-0.2, 0) is 6.54 Å². The minimum atomic E-state index is 0.645. The zero-order chi connectivity index (χ0) is 18.9. The third-order valence-electron chi connectivity index (χ3n) is 5.47. The average molecular weight is 372 g/mol. The van der Waals surface area contributed by atoms with Crippen molar-refractivity contribution in [1.82, 2.24) is 20.2 Å². The van der Waals surface area contributed by atoms with Crippen LogP contribution in [-0.4, -0.2) is 48.2 Å². The van der Waals surface area contributed by atoms with Gasteiger partial charge >= 0.3 is 0 Å². The highest BCUT2D eigenvalue weighted by Crippen LogP contribution is 2.33. The van der Waals surface area contributed by atoms with Crippen LogP contribution in [0.3, 0.4) is 0 Å². The highest BCUT2D eigenvalue weighted by atomic mass is 16.5. The highest BCUT2D eigenvalue weighted by Gasteiger charge is 2.14. The molecule has 0 unspecified atom stereocenters. The first-order chi connectivity index (χ1) is 13.8. The molecule has 0 aliphatic carbocycles. The molecule has 2 aromatic carbocycles. The van der Waals surface area contributed by atoms with E-state index in [0.29, 0.717) is 5.88 Å². The van der Waals surface area contributed by atoms with Crippen LogP contribution in [0.2, 0.25) is 0 Å². The molecule has 1 saturated heterocycles. The lowest BCUT2D eigenvalue weighted by Crippen LogP contribution is -2.42. The Kier molecular flexibility index (Phi) is 4.47. The molecule has 0 amide bonds. The number of pyridine rings is 1. The summed E-state index contributed by atoms with van der Waals surface area (Å²) in [6.07, 6.45) is 0. The van der Waals surface area contributed by atoms with Crippen LogP contribution in [0.1, 0.15) is 5.56 Å². The molecule has 3 heterocycles. The van der Waals surface area contributed by atoms with Crippen molar-refractivity contribution in [2.45, 2.75) is 6.54 Å². The fourth-order valence-corrected chi connectivity index (χ4v) is 4.00. The molecule has 1 aliphatic heterocycles. The maximum Gasteiger partial charge on any atom is 0.223 e. The van der Waals surface area contributed by atoms with E-state index in [2.05, 4.69) is 56.6 Å². The predicted octanol–water partition coefficient (Wildman–Crippen LogP) is 3.80. The summed E-state index contributed by atoms with van der Waals surface area (Å²) >= 11 is 0. The summed E-state index contributed by atoms with van der Waals surface area (Å²) in [6, 6.07) is 19.2. The number of aromatic amines is 1. The van der Waals surface area contributed by atoms with Crippen molar-refractivity contribution in [3.63, 3.8) is 0 Å². The maximum atomic E-state index is 5.58. The SMILES string of the molecule is COc1nc2ccccc2cc1-c1cc2cc(CN3CCNCC3)ccc2[nH]1. The normalized spacial score (nSPS) is 15.3. The first kappa shape index (κ1) is 17.2. The smallest absolute Gasteiger partial charge is 0.223 e. The van der Waals surface area contributed by atoms with Crippen LogP contribution in [0, 0.1) is 0 Å². The Balaban J connectivity index is 1.51. The Morgan fingerprint density at radius 3 is 2.71 bits per heavy atom. The molecule has 1 fully saturated rings. The average Bonchev–Trinajstić information content (AvgIpc) is 3.16. The largest absolute Gasteiger partial charge is 0.480 e. The van der Waals surface area contributed by atoms with E-state index in [9.17, 15) is 0 Å². The molecule has 0 saturated carbocycles. The lowest BCUT2D eigenvalue weighted by atomic mass is 10.1. The van der Waals surface area contributed by atoms with Crippen LogP contribution >= 0.6 is 0 Å². The van der Waals surface area contributed by atoms with Crippen LogP contribution in [0.15, 0.2) is 54.6 Å². The van der Waals surface area contributed by atoms with E-state index in [-0.39, 0.29) is 0 Å². The number of aromatic nitrogens is 2. The number of nitrogens with zero attached hydrogens (tertiary/aromatic N) is 2. The summed E-state index contributed by atoms with van der Waals surface area (Å²) in [7, 11) is 1.68. The van der Waals surface area contributed by atoms with E-state index in [1.165, 1.54) is 10.9 Å². The molecule has 1 aliphatic rings. The van der Waals surface area contributed by atoms with Crippen molar-refractivity contribution >= 4 is 21.8 Å². The van der Waals surface area contributed by atoms with Crippen LogP contribution in [0.4, 0.5) is 0 Å². The van der Waals surface area contributed by atoms with Gasteiger partial charge in [0.1, 0.15) is 0 Å². The molecule has 2 aromatic heterocycles. The molecule has 0 spiro atoms. The molecule has 0 radical (unpaired) electrons. The second-order valence-corrected chi connectivity index (χ2v) is 7.37. The van der Waals surface area contributed by atoms with Gasteiger partial charge in [-0.25, -0.2) is 4.98 Å². The Bertz CT molecular complexity index is 1130. The van der Waals surface area contributed by atoms with E-state index < -0.39 is 0 Å². The predicted molar refractivity (Wildman–Crippen MR) is 114 cm³/mol. The van der Waals surface area contributed by atoms with Gasteiger partial charge in [0.15, 0.2) is 0 Å². The quantitative estimate of drug-likeness (QED) is 0.572. The number of H-pyrrole nitrogens is 1. The number of nitrogens with one attached hydrogen (secondary N) is 2. The molecule has 0 bridgehead atoms. The number of rotatable bonds is 4. The molecule has 4 aromatic rings. The number of piperazine rings is 1.